The predicted molar refractivity (Wildman–Crippen MR) is 182 cm³/mol. The van der Waals surface area contributed by atoms with E-state index >= 15 is 0 Å². The lowest BCUT2D eigenvalue weighted by atomic mass is 9.47. The van der Waals surface area contributed by atoms with Crippen molar-refractivity contribution in [1.82, 2.24) is 0 Å². The van der Waals surface area contributed by atoms with Crippen molar-refractivity contribution in [1.29, 1.82) is 0 Å². The Balaban J connectivity index is 1.02. The Bertz CT molecular complexity index is 1580. The van der Waals surface area contributed by atoms with Gasteiger partial charge in [-0.1, -0.05) is 89.8 Å². The fraction of sp³-hybridized carbons (Fsp3) is 0.595. The number of rotatable bonds is 7. The molecule has 4 heteroatoms. The van der Waals surface area contributed by atoms with Gasteiger partial charge in [0.2, 0.25) is 0 Å². The van der Waals surface area contributed by atoms with Crippen LogP contribution in [-0.4, -0.2) is 23.6 Å². The third kappa shape index (κ3) is 5.13. The Morgan fingerprint density at radius 1 is 0.848 bits per heavy atom. The predicted octanol–water partition coefficient (Wildman–Crippen LogP) is 10.0. The van der Waals surface area contributed by atoms with Gasteiger partial charge in [-0.25, -0.2) is 4.79 Å². The molecule has 2 aromatic rings. The highest BCUT2D eigenvalue weighted by Gasteiger charge is 2.59. The molecular formula is C42H52O4. The van der Waals surface area contributed by atoms with Crippen LogP contribution in [0.15, 0.2) is 54.1 Å². The van der Waals surface area contributed by atoms with Crippen molar-refractivity contribution in [3.05, 3.63) is 81.9 Å². The van der Waals surface area contributed by atoms with E-state index in [1.807, 2.05) is 0 Å². The maximum absolute atomic E-state index is 13.4. The lowest BCUT2D eigenvalue weighted by molar-refractivity contribution is -0.0594. The summed E-state index contributed by atoms with van der Waals surface area (Å²) in [6.45, 7) is 12.4. The van der Waals surface area contributed by atoms with Gasteiger partial charge in [0.15, 0.2) is 11.6 Å². The summed E-state index contributed by atoms with van der Waals surface area (Å²) >= 11 is 0. The van der Waals surface area contributed by atoms with Crippen LogP contribution in [0.3, 0.4) is 0 Å². The first-order valence-corrected chi connectivity index (χ1v) is 18.2. The number of fused-ring (bicyclic) bond motifs is 7. The van der Waals surface area contributed by atoms with Crippen molar-refractivity contribution >= 4 is 17.5 Å². The Labute approximate surface area is 275 Å². The molecule has 8 atom stereocenters. The Morgan fingerprint density at radius 3 is 2.30 bits per heavy atom. The van der Waals surface area contributed by atoms with Crippen molar-refractivity contribution < 1.29 is 19.1 Å². The standard InChI is InChI=1S/C42H52O4/c1-25(2)9-8-10-26(3)35-17-18-36-33-16-14-28-24-29(19-21-41(28,4)37(33)20-22-42(35,36)5)46-40(45)27-13-15-32-34(23-27)39(44)31-12-7-6-11-30(31)38(32)43/h6-7,11-15,23,25-26,29,33,35-37H,8-10,16-22,24H2,1-5H3/t26-,29?,33?,35-,36?,37?,41+,42-/m1/s1. The van der Waals surface area contributed by atoms with Crippen LogP contribution in [0.2, 0.25) is 0 Å². The van der Waals surface area contributed by atoms with E-state index in [1.165, 1.54) is 56.9 Å². The Kier molecular flexibility index (Phi) is 8.17. The smallest absolute Gasteiger partial charge is 0.338 e. The number of esters is 1. The minimum atomic E-state index is -0.405. The number of allylic oxidation sites excluding steroid dienone is 1. The molecule has 0 heterocycles. The summed E-state index contributed by atoms with van der Waals surface area (Å²) in [4.78, 5) is 39.6. The van der Waals surface area contributed by atoms with Crippen LogP contribution in [0.25, 0.3) is 0 Å². The molecular weight excluding hydrogens is 568 g/mol. The molecule has 7 rings (SSSR count). The average Bonchev–Trinajstić information content (AvgIpc) is 3.40. The molecule has 5 aliphatic carbocycles. The number of carbonyl (C=O) groups is 3. The first-order valence-electron chi connectivity index (χ1n) is 18.2. The number of benzene rings is 2. The Morgan fingerprint density at radius 2 is 1.57 bits per heavy atom. The molecule has 0 amide bonds. The minimum Gasteiger partial charge on any atom is -0.458 e. The van der Waals surface area contributed by atoms with Crippen LogP contribution in [0, 0.1) is 46.3 Å². The fourth-order valence-electron chi connectivity index (χ4n) is 11.2. The first kappa shape index (κ1) is 31.6. The van der Waals surface area contributed by atoms with E-state index in [9.17, 15) is 14.4 Å². The SMILES string of the molecule is CC(C)CCC[C@@H](C)[C@H]1CCC2C3CC=C4CC(OC(=O)c5ccc6c(c5)C(=O)c5ccccc5C6=O)CC[C@]4(C)C3CC[C@@]21C. The summed E-state index contributed by atoms with van der Waals surface area (Å²) in [5, 5.41) is 0. The summed E-state index contributed by atoms with van der Waals surface area (Å²) in [6.07, 6.45) is 15.9. The van der Waals surface area contributed by atoms with Gasteiger partial charge in [0.25, 0.3) is 0 Å². The van der Waals surface area contributed by atoms with E-state index < -0.39 is 5.97 Å². The molecule has 0 aliphatic heterocycles. The van der Waals surface area contributed by atoms with Crippen molar-refractivity contribution in [2.75, 3.05) is 0 Å². The number of hydrogen-bond donors (Lipinski definition) is 0. The summed E-state index contributed by atoms with van der Waals surface area (Å²) in [5.74, 6) is 4.04. The topological polar surface area (TPSA) is 60.4 Å². The van der Waals surface area contributed by atoms with Gasteiger partial charge in [0.05, 0.1) is 5.56 Å². The number of ether oxygens (including phenoxy) is 1. The molecule has 46 heavy (non-hydrogen) atoms. The largest absolute Gasteiger partial charge is 0.458 e. The zero-order chi connectivity index (χ0) is 32.4. The third-order valence-electron chi connectivity index (χ3n) is 13.7. The lowest BCUT2D eigenvalue weighted by Gasteiger charge is -2.58. The first-order chi connectivity index (χ1) is 22.0. The van der Waals surface area contributed by atoms with E-state index in [-0.39, 0.29) is 23.1 Å². The van der Waals surface area contributed by atoms with Crippen molar-refractivity contribution in [2.24, 2.45) is 46.3 Å². The van der Waals surface area contributed by atoms with Crippen LogP contribution < -0.4 is 0 Å². The van der Waals surface area contributed by atoms with E-state index in [0.29, 0.717) is 33.2 Å². The highest BCUT2D eigenvalue weighted by Crippen LogP contribution is 2.67. The molecule has 3 saturated carbocycles. The van der Waals surface area contributed by atoms with Crippen LogP contribution in [0.1, 0.15) is 147 Å². The molecule has 4 unspecified atom stereocenters. The molecule has 0 aromatic heterocycles. The van der Waals surface area contributed by atoms with E-state index in [1.54, 1.807) is 42.5 Å². The molecule has 3 fully saturated rings. The van der Waals surface area contributed by atoms with Crippen molar-refractivity contribution in [3.63, 3.8) is 0 Å². The Hall–Kier alpha value is -3.01. The van der Waals surface area contributed by atoms with Gasteiger partial charge in [0.1, 0.15) is 6.10 Å². The van der Waals surface area contributed by atoms with Crippen molar-refractivity contribution in [3.8, 4) is 0 Å². The second kappa shape index (κ2) is 11.9. The highest BCUT2D eigenvalue weighted by molar-refractivity contribution is 6.28. The zero-order valence-corrected chi connectivity index (χ0v) is 28.6. The second-order valence-corrected chi connectivity index (χ2v) is 16.5. The molecule has 4 nitrogen and oxygen atoms in total. The van der Waals surface area contributed by atoms with Gasteiger partial charge in [-0.3, -0.25) is 9.59 Å². The van der Waals surface area contributed by atoms with Gasteiger partial charge in [-0.2, -0.15) is 0 Å². The average molecular weight is 621 g/mol. The highest BCUT2D eigenvalue weighted by atomic mass is 16.5. The zero-order valence-electron chi connectivity index (χ0n) is 28.6. The van der Waals surface area contributed by atoms with Crippen molar-refractivity contribution in [2.45, 2.75) is 111 Å². The van der Waals surface area contributed by atoms with Gasteiger partial charge >= 0.3 is 5.97 Å². The molecule has 5 aliphatic rings. The number of ketones is 2. The maximum atomic E-state index is 13.4. The second-order valence-electron chi connectivity index (χ2n) is 16.5. The van der Waals surface area contributed by atoms with E-state index in [0.717, 1.165) is 54.8 Å². The molecule has 0 bridgehead atoms. The lowest BCUT2D eigenvalue weighted by Crippen LogP contribution is -2.51. The summed E-state index contributed by atoms with van der Waals surface area (Å²) in [6, 6.07) is 11.7. The minimum absolute atomic E-state index is 0.158. The number of carbonyl (C=O) groups excluding carboxylic acids is 3. The van der Waals surface area contributed by atoms with Gasteiger partial charge in [-0.05, 0) is 109 Å². The number of hydrogen-bond acceptors (Lipinski definition) is 4. The molecule has 0 radical (unpaired) electrons. The summed E-state index contributed by atoms with van der Waals surface area (Å²) in [5.41, 5.74) is 3.98. The normalized spacial score (nSPS) is 33.7. The van der Waals surface area contributed by atoms with Crippen LogP contribution in [-0.2, 0) is 4.74 Å². The maximum Gasteiger partial charge on any atom is 0.338 e. The van der Waals surface area contributed by atoms with Gasteiger partial charge < -0.3 is 4.74 Å². The third-order valence-corrected chi connectivity index (χ3v) is 13.7. The van der Waals surface area contributed by atoms with Crippen LogP contribution >= 0.6 is 0 Å². The summed E-state index contributed by atoms with van der Waals surface area (Å²) in [7, 11) is 0. The van der Waals surface area contributed by atoms with Crippen LogP contribution in [0.5, 0.6) is 0 Å². The molecule has 0 spiro atoms. The summed E-state index contributed by atoms with van der Waals surface area (Å²) < 4.78 is 6.13. The molecule has 2 aromatic carbocycles. The molecule has 0 N–H and O–H groups in total. The van der Waals surface area contributed by atoms with Gasteiger partial charge in [-0.15, -0.1) is 0 Å². The van der Waals surface area contributed by atoms with Gasteiger partial charge in [0, 0.05) is 28.7 Å². The van der Waals surface area contributed by atoms with E-state index in [4.69, 9.17) is 4.74 Å². The molecule has 244 valence electrons. The monoisotopic (exact) mass is 620 g/mol. The van der Waals surface area contributed by atoms with E-state index in [2.05, 4.69) is 40.7 Å². The van der Waals surface area contributed by atoms with Crippen LogP contribution in [0.4, 0.5) is 0 Å². The quantitative estimate of drug-likeness (QED) is 0.195. The fourth-order valence-corrected chi connectivity index (χ4v) is 11.2. The molecule has 0 saturated heterocycles.